The molecule has 7 nitrogen and oxygen atoms in total. The van der Waals surface area contributed by atoms with E-state index in [0.717, 1.165) is 38.9 Å². The van der Waals surface area contributed by atoms with Crippen LogP contribution in [0.2, 0.25) is 0 Å². The van der Waals surface area contributed by atoms with Crippen molar-refractivity contribution in [3.8, 4) is 66.6 Å². The van der Waals surface area contributed by atoms with Gasteiger partial charge in [0.25, 0.3) is 0 Å². The molecule has 0 radical (unpaired) electrons. The highest BCUT2D eigenvalue weighted by Gasteiger charge is 2.29. The predicted octanol–water partition coefficient (Wildman–Crippen LogP) is 7.95. The minimum absolute atomic E-state index is 0.0788. The van der Waals surface area contributed by atoms with Gasteiger partial charge in [0.1, 0.15) is 43.7 Å². The Morgan fingerprint density at radius 1 is 0.585 bits per heavy atom. The van der Waals surface area contributed by atoms with Gasteiger partial charge in [-0.1, -0.05) is 67.4 Å². The number of hydrogen-bond donors (Lipinski definition) is 0. The molecular formula is C46H44O7. The van der Waals surface area contributed by atoms with Crippen molar-refractivity contribution in [2.75, 3.05) is 33.5 Å². The van der Waals surface area contributed by atoms with Crippen molar-refractivity contribution in [3.05, 3.63) is 123 Å². The molecule has 0 unspecified atom stereocenters. The highest BCUT2D eigenvalue weighted by molar-refractivity contribution is 6.09. The van der Waals surface area contributed by atoms with Crippen LogP contribution in [0.3, 0.4) is 0 Å². The molecule has 7 heteroatoms. The number of benzene rings is 4. The van der Waals surface area contributed by atoms with Crippen LogP contribution in [0, 0.1) is 56.3 Å². The van der Waals surface area contributed by atoms with Crippen LogP contribution in [-0.2, 0) is 50.8 Å². The Hall–Kier alpha value is -5.77. The van der Waals surface area contributed by atoms with Crippen LogP contribution in [0.25, 0.3) is 0 Å². The summed E-state index contributed by atoms with van der Waals surface area (Å²) in [5.41, 5.74) is 6.66. The van der Waals surface area contributed by atoms with Gasteiger partial charge in [0, 0.05) is 38.8 Å². The molecule has 53 heavy (non-hydrogen) atoms. The van der Waals surface area contributed by atoms with E-state index in [1.807, 2.05) is 55.5 Å². The van der Waals surface area contributed by atoms with Gasteiger partial charge < -0.3 is 28.4 Å². The number of aryl methyl sites for hydroxylation is 1. The maximum atomic E-state index is 13.1. The first kappa shape index (κ1) is 40.0. The summed E-state index contributed by atoms with van der Waals surface area (Å²) in [6.07, 6.45) is 22.0. The summed E-state index contributed by atoms with van der Waals surface area (Å²) in [6, 6.07) is 22.7. The van der Waals surface area contributed by atoms with Crippen molar-refractivity contribution in [1.82, 2.24) is 0 Å². The molecule has 0 saturated carbocycles. The fourth-order valence-corrected chi connectivity index (χ4v) is 5.76. The summed E-state index contributed by atoms with van der Waals surface area (Å²) in [5, 5.41) is 0. The van der Waals surface area contributed by atoms with E-state index in [1.54, 1.807) is 31.4 Å². The topological polar surface area (TPSA) is 72.5 Å². The lowest BCUT2D eigenvalue weighted by Gasteiger charge is -2.30. The molecule has 0 saturated heterocycles. The van der Waals surface area contributed by atoms with Crippen LogP contribution in [0.15, 0.2) is 72.8 Å². The summed E-state index contributed by atoms with van der Waals surface area (Å²) in [5.74, 6) is 11.7. The van der Waals surface area contributed by atoms with Gasteiger partial charge in [0.15, 0.2) is 5.78 Å². The summed E-state index contributed by atoms with van der Waals surface area (Å²) in [6.45, 7) is 7.51. The Morgan fingerprint density at radius 2 is 0.943 bits per heavy atom. The van der Waals surface area contributed by atoms with Gasteiger partial charge in [-0.25, -0.2) is 0 Å². The fourth-order valence-electron chi connectivity index (χ4n) is 5.76. The van der Waals surface area contributed by atoms with Gasteiger partial charge in [-0.05, 0) is 66.6 Å². The molecule has 0 heterocycles. The standard InChI is InChI=1S/C46H44O7/c1-9-21-49-29-36-25-40(26-37(44(36)48-8)30-50-22-10-2)46(6,7)41-27-38(31-51-23-11-3)45(39(28-41)32-52-24-12-4)53-42-19-17-35(18-20-42)43(47)34-15-13-33(5)14-16-34/h1-4,13-20,25-28H,21-24,29-32H2,5-8H3. The molecule has 4 rings (SSSR count). The van der Waals surface area contributed by atoms with Crippen LogP contribution >= 0.6 is 0 Å². The lowest BCUT2D eigenvalue weighted by Crippen LogP contribution is -2.21. The Kier molecular flexibility index (Phi) is 14.9. The van der Waals surface area contributed by atoms with Gasteiger partial charge in [-0.15, -0.1) is 25.7 Å². The van der Waals surface area contributed by atoms with Gasteiger partial charge in [0.05, 0.1) is 33.5 Å². The molecule has 0 atom stereocenters. The summed E-state index contributed by atoms with van der Waals surface area (Å²) < 4.78 is 35.6. The Balaban J connectivity index is 1.80. The third kappa shape index (κ3) is 10.6. The minimum Gasteiger partial charge on any atom is -0.496 e. The first-order valence-corrected chi connectivity index (χ1v) is 17.0. The number of terminal acetylenes is 4. The number of carbonyl (C=O) groups excluding carboxylic acids is 1. The van der Waals surface area contributed by atoms with Crippen molar-refractivity contribution >= 4 is 5.78 Å². The first-order valence-electron chi connectivity index (χ1n) is 17.0. The fraction of sp³-hybridized carbons (Fsp3) is 0.283. The Morgan fingerprint density at radius 3 is 1.30 bits per heavy atom. The quantitative estimate of drug-likeness (QED) is 0.0556. The molecule has 0 bridgehead atoms. The smallest absolute Gasteiger partial charge is 0.193 e. The summed E-state index contributed by atoms with van der Waals surface area (Å²) >= 11 is 0. The van der Waals surface area contributed by atoms with Crippen molar-refractivity contribution < 1.29 is 33.2 Å². The zero-order valence-corrected chi connectivity index (χ0v) is 30.8. The first-order chi connectivity index (χ1) is 25.7. The minimum atomic E-state index is -0.591. The highest BCUT2D eigenvalue weighted by Crippen LogP contribution is 2.41. The van der Waals surface area contributed by atoms with Crippen LogP contribution in [0.4, 0.5) is 0 Å². The van der Waals surface area contributed by atoms with Crippen molar-refractivity contribution in [1.29, 1.82) is 0 Å². The maximum absolute atomic E-state index is 13.1. The van der Waals surface area contributed by atoms with Gasteiger partial charge in [-0.3, -0.25) is 4.79 Å². The lowest BCUT2D eigenvalue weighted by atomic mass is 9.76. The van der Waals surface area contributed by atoms with E-state index in [-0.39, 0.29) is 58.6 Å². The highest BCUT2D eigenvalue weighted by atomic mass is 16.5. The third-order valence-corrected chi connectivity index (χ3v) is 8.56. The molecule has 4 aromatic rings. The summed E-state index contributed by atoms with van der Waals surface area (Å²) in [7, 11) is 1.61. The molecule has 0 spiro atoms. The van der Waals surface area contributed by atoms with Gasteiger partial charge in [0.2, 0.25) is 0 Å². The predicted molar refractivity (Wildman–Crippen MR) is 207 cm³/mol. The number of ketones is 1. The average molecular weight is 709 g/mol. The average Bonchev–Trinajstić information content (AvgIpc) is 3.16. The van der Waals surface area contributed by atoms with E-state index in [2.05, 4.69) is 37.5 Å². The molecule has 4 aromatic carbocycles. The van der Waals surface area contributed by atoms with Gasteiger partial charge in [-0.2, -0.15) is 0 Å². The van der Waals surface area contributed by atoms with Crippen molar-refractivity contribution in [2.24, 2.45) is 0 Å². The molecule has 0 amide bonds. The largest absolute Gasteiger partial charge is 0.496 e. The van der Waals surface area contributed by atoms with E-state index in [0.29, 0.717) is 28.4 Å². The van der Waals surface area contributed by atoms with E-state index < -0.39 is 5.41 Å². The molecule has 0 N–H and O–H groups in total. The van der Waals surface area contributed by atoms with Crippen molar-refractivity contribution in [2.45, 2.75) is 52.6 Å². The molecule has 0 aliphatic carbocycles. The lowest BCUT2D eigenvalue weighted by molar-refractivity contribution is 0.103. The number of carbonyl (C=O) groups is 1. The van der Waals surface area contributed by atoms with Crippen molar-refractivity contribution in [3.63, 3.8) is 0 Å². The van der Waals surface area contributed by atoms with E-state index in [9.17, 15) is 4.79 Å². The van der Waals surface area contributed by atoms with Crippen LogP contribution in [-0.4, -0.2) is 39.3 Å². The maximum Gasteiger partial charge on any atom is 0.193 e. The normalized spacial score (nSPS) is 10.8. The number of rotatable bonds is 19. The van der Waals surface area contributed by atoms with Crippen LogP contribution < -0.4 is 9.47 Å². The number of ether oxygens (including phenoxy) is 6. The second-order valence-corrected chi connectivity index (χ2v) is 12.7. The van der Waals surface area contributed by atoms with Crippen LogP contribution in [0.5, 0.6) is 17.2 Å². The molecule has 0 aliphatic heterocycles. The Bertz CT molecular complexity index is 1950. The SMILES string of the molecule is C#CCOCc1cc(C(C)(C)c2cc(COCC#C)c(Oc3ccc(C(=O)c4ccc(C)cc4)cc3)c(COCC#C)c2)cc(COCC#C)c1OC. The van der Waals surface area contributed by atoms with Gasteiger partial charge >= 0.3 is 0 Å². The van der Waals surface area contributed by atoms with Crippen LogP contribution in [0.1, 0.15) is 68.7 Å². The second-order valence-electron chi connectivity index (χ2n) is 12.7. The number of methoxy groups -OCH3 is 1. The molecule has 0 aliphatic rings. The van der Waals surface area contributed by atoms with E-state index in [4.69, 9.17) is 54.1 Å². The van der Waals surface area contributed by atoms with E-state index in [1.165, 1.54) is 0 Å². The summed E-state index contributed by atoms with van der Waals surface area (Å²) in [4.78, 5) is 13.1. The zero-order valence-electron chi connectivity index (χ0n) is 30.8. The second kappa shape index (κ2) is 19.7. The Labute approximate surface area is 313 Å². The number of hydrogen-bond acceptors (Lipinski definition) is 7. The molecular weight excluding hydrogens is 664 g/mol. The zero-order chi connectivity index (χ0) is 38.2. The molecule has 270 valence electrons. The monoisotopic (exact) mass is 708 g/mol. The third-order valence-electron chi connectivity index (χ3n) is 8.56. The molecule has 0 aromatic heterocycles. The van der Waals surface area contributed by atoms with E-state index >= 15 is 0 Å². The molecule has 0 fully saturated rings.